The summed E-state index contributed by atoms with van der Waals surface area (Å²) in [5.41, 5.74) is 7.40. The Hall–Kier alpha value is -3.60. The van der Waals surface area contributed by atoms with E-state index in [1.165, 1.54) is 22.3 Å². The maximum atomic E-state index is 13.0. The molecule has 4 aromatic rings. The van der Waals surface area contributed by atoms with Crippen LogP contribution in [0.25, 0.3) is 11.0 Å². The summed E-state index contributed by atoms with van der Waals surface area (Å²) >= 11 is 0. The molecule has 3 aromatic carbocycles. The number of carbonyl (C=O) groups excluding carboxylic acids is 1. The van der Waals surface area contributed by atoms with Crippen molar-refractivity contribution >= 4 is 22.9 Å². The highest BCUT2D eigenvalue weighted by Crippen LogP contribution is 2.29. The normalized spacial score (nSPS) is 15.2. The van der Waals surface area contributed by atoms with Crippen LogP contribution < -0.4 is 10.2 Å². The number of aromatic nitrogens is 2. The molecular formula is C32H38N4O. The van der Waals surface area contributed by atoms with Crippen molar-refractivity contribution in [1.82, 2.24) is 14.9 Å². The van der Waals surface area contributed by atoms with E-state index in [9.17, 15) is 4.79 Å². The van der Waals surface area contributed by atoms with Crippen molar-refractivity contribution < 1.29 is 4.79 Å². The number of nitrogens with zero attached hydrogens (tertiary/aromatic N) is 3. The van der Waals surface area contributed by atoms with Crippen molar-refractivity contribution in [3.8, 4) is 0 Å². The van der Waals surface area contributed by atoms with Gasteiger partial charge in [0.2, 0.25) is 11.9 Å². The molecule has 1 aromatic heterocycles. The molecule has 0 radical (unpaired) electrons. The molecule has 1 saturated heterocycles. The fraction of sp³-hybridized carbons (Fsp3) is 0.375. The molecule has 2 heterocycles. The van der Waals surface area contributed by atoms with E-state index in [4.69, 9.17) is 4.98 Å². The molecule has 1 aliphatic rings. The Bertz CT molecular complexity index is 1350. The number of para-hydroxylation sites is 2. The predicted octanol–water partition coefficient (Wildman–Crippen LogP) is 6.06. The van der Waals surface area contributed by atoms with E-state index < -0.39 is 0 Å². The van der Waals surface area contributed by atoms with E-state index in [-0.39, 0.29) is 17.9 Å². The van der Waals surface area contributed by atoms with E-state index in [2.05, 4.69) is 102 Å². The minimum Gasteiger partial charge on any atom is -0.353 e. The largest absolute Gasteiger partial charge is 0.353 e. The zero-order valence-electron chi connectivity index (χ0n) is 22.3. The number of rotatable bonds is 8. The number of aryl methyl sites for hydroxylation is 3. The van der Waals surface area contributed by atoms with Crippen LogP contribution in [0.2, 0.25) is 0 Å². The molecule has 37 heavy (non-hydrogen) atoms. The Morgan fingerprint density at radius 1 is 1.00 bits per heavy atom. The third kappa shape index (κ3) is 5.87. The number of anilines is 1. The van der Waals surface area contributed by atoms with Crippen LogP contribution in [-0.2, 0) is 17.8 Å². The Kier molecular flexibility index (Phi) is 7.59. The topological polar surface area (TPSA) is 50.2 Å². The van der Waals surface area contributed by atoms with Crippen molar-refractivity contribution in [1.29, 1.82) is 0 Å². The summed E-state index contributed by atoms with van der Waals surface area (Å²) in [6, 6.07) is 25.7. The number of amides is 1. The average Bonchev–Trinajstić information content (AvgIpc) is 3.28. The van der Waals surface area contributed by atoms with Gasteiger partial charge >= 0.3 is 0 Å². The second-order valence-electron chi connectivity index (χ2n) is 10.6. The first-order chi connectivity index (χ1) is 18.0. The third-order valence-corrected chi connectivity index (χ3v) is 7.71. The second kappa shape index (κ2) is 11.2. The first-order valence-corrected chi connectivity index (χ1v) is 13.6. The summed E-state index contributed by atoms with van der Waals surface area (Å²) < 4.78 is 2.35. The number of fused-ring (bicyclic) bond motifs is 1. The average molecular weight is 495 g/mol. The molecule has 5 heteroatoms. The molecule has 1 amide bonds. The van der Waals surface area contributed by atoms with Crippen molar-refractivity contribution in [2.24, 2.45) is 5.92 Å². The lowest BCUT2D eigenvalue weighted by molar-refractivity contribution is -0.126. The summed E-state index contributed by atoms with van der Waals surface area (Å²) in [7, 11) is 0. The van der Waals surface area contributed by atoms with E-state index >= 15 is 0 Å². The Balaban J connectivity index is 1.24. The van der Waals surface area contributed by atoms with Crippen molar-refractivity contribution in [3.63, 3.8) is 0 Å². The summed E-state index contributed by atoms with van der Waals surface area (Å²) in [4.78, 5) is 20.4. The fourth-order valence-electron chi connectivity index (χ4n) is 5.40. The molecule has 1 N–H and O–H groups in total. The first-order valence-electron chi connectivity index (χ1n) is 13.6. The van der Waals surface area contributed by atoms with Crippen LogP contribution in [0.15, 0.2) is 72.8 Å². The maximum absolute atomic E-state index is 13.0. The van der Waals surface area contributed by atoms with Crippen LogP contribution in [0.4, 0.5) is 5.95 Å². The smallest absolute Gasteiger partial charge is 0.223 e. The van der Waals surface area contributed by atoms with Gasteiger partial charge in [0, 0.05) is 25.0 Å². The van der Waals surface area contributed by atoms with Gasteiger partial charge in [-0.1, -0.05) is 66.2 Å². The van der Waals surface area contributed by atoms with Gasteiger partial charge in [-0.2, -0.15) is 0 Å². The highest BCUT2D eigenvalue weighted by molar-refractivity contribution is 5.80. The number of carbonyl (C=O) groups is 1. The summed E-state index contributed by atoms with van der Waals surface area (Å²) in [6.45, 7) is 8.92. The first kappa shape index (κ1) is 25.1. The molecule has 0 saturated carbocycles. The third-order valence-electron chi connectivity index (χ3n) is 7.71. The molecule has 0 bridgehead atoms. The molecule has 1 fully saturated rings. The Labute approximate surface area is 220 Å². The van der Waals surface area contributed by atoms with Crippen LogP contribution in [0.1, 0.15) is 48.4 Å². The lowest BCUT2D eigenvalue weighted by atomic mass is 9.95. The minimum atomic E-state index is 0.0623. The van der Waals surface area contributed by atoms with Crippen LogP contribution >= 0.6 is 0 Å². The molecule has 192 valence electrons. The zero-order valence-corrected chi connectivity index (χ0v) is 22.3. The van der Waals surface area contributed by atoms with Gasteiger partial charge in [0.25, 0.3) is 0 Å². The monoisotopic (exact) mass is 494 g/mol. The number of benzene rings is 3. The van der Waals surface area contributed by atoms with Gasteiger partial charge in [0.1, 0.15) is 0 Å². The molecule has 1 atom stereocenters. The lowest BCUT2D eigenvalue weighted by Crippen LogP contribution is -2.43. The molecule has 1 aliphatic heterocycles. The SMILES string of the molecule is Cc1ccc(C)c(Cn2c(N3CCC(C(=O)N[C@H](C)CCc4ccccc4)CC3)nc3ccccc32)c1. The number of piperidine rings is 1. The summed E-state index contributed by atoms with van der Waals surface area (Å²) in [5.74, 6) is 1.27. The number of imidazole rings is 1. The Morgan fingerprint density at radius 3 is 2.51 bits per heavy atom. The quantitative estimate of drug-likeness (QED) is 0.324. The Morgan fingerprint density at radius 2 is 1.73 bits per heavy atom. The predicted molar refractivity (Wildman–Crippen MR) is 152 cm³/mol. The maximum Gasteiger partial charge on any atom is 0.223 e. The van der Waals surface area contributed by atoms with Crippen LogP contribution in [0.3, 0.4) is 0 Å². The lowest BCUT2D eigenvalue weighted by Gasteiger charge is -2.33. The van der Waals surface area contributed by atoms with Gasteiger partial charge in [0.05, 0.1) is 17.6 Å². The number of hydrogen-bond acceptors (Lipinski definition) is 3. The van der Waals surface area contributed by atoms with Crippen LogP contribution in [0, 0.1) is 19.8 Å². The second-order valence-corrected chi connectivity index (χ2v) is 10.6. The standard InChI is InChI=1S/C32H38N4O/c1-23-13-14-24(2)28(21-23)22-36-30-12-8-7-11-29(30)34-32(36)35-19-17-27(18-20-35)31(37)33-25(3)15-16-26-9-5-4-6-10-26/h4-14,21,25,27H,15-20,22H2,1-3H3,(H,33,37)/t25-/m1/s1. The van der Waals surface area contributed by atoms with Gasteiger partial charge in [0.15, 0.2) is 0 Å². The van der Waals surface area contributed by atoms with Gasteiger partial charge in [-0.25, -0.2) is 4.98 Å². The van der Waals surface area contributed by atoms with Gasteiger partial charge < -0.3 is 14.8 Å². The highest BCUT2D eigenvalue weighted by Gasteiger charge is 2.28. The van der Waals surface area contributed by atoms with Gasteiger partial charge in [-0.3, -0.25) is 4.79 Å². The van der Waals surface area contributed by atoms with E-state index in [0.717, 1.165) is 62.3 Å². The van der Waals surface area contributed by atoms with Crippen LogP contribution in [0.5, 0.6) is 0 Å². The van der Waals surface area contributed by atoms with Crippen molar-refractivity contribution in [3.05, 3.63) is 95.1 Å². The molecule has 0 aliphatic carbocycles. The van der Waals surface area contributed by atoms with Gasteiger partial charge in [-0.05, 0) is 75.3 Å². The molecule has 0 unspecified atom stereocenters. The molecular weight excluding hydrogens is 456 g/mol. The van der Waals surface area contributed by atoms with E-state index in [0.29, 0.717) is 0 Å². The van der Waals surface area contributed by atoms with Crippen LogP contribution in [-0.4, -0.2) is 34.6 Å². The van der Waals surface area contributed by atoms with Crippen molar-refractivity contribution in [2.45, 2.75) is 59.0 Å². The van der Waals surface area contributed by atoms with Crippen molar-refractivity contribution in [2.75, 3.05) is 18.0 Å². The molecule has 5 nitrogen and oxygen atoms in total. The highest BCUT2D eigenvalue weighted by atomic mass is 16.1. The van der Waals surface area contributed by atoms with E-state index in [1.54, 1.807) is 0 Å². The molecule has 0 spiro atoms. The minimum absolute atomic E-state index is 0.0623. The molecule has 5 rings (SSSR count). The number of nitrogens with one attached hydrogen (secondary N) is 1. The number of hydrogen-bond donors (Lipinski definition) is 1. The fourth-order valence-corrected chi connectivity index (χ4v) is 5.40. The van der Waals surface area contributed by atoms with E-state index in [1.807, 2.05) is 6.07 Å². The summed E-state index contributed by atoms with van der Waals surface area (Å²) in [5, 5.41) is 3.27. The summed E-state index contributed by atoms with van der Waals surface area (Å²) in [6.07, 6.45) is 3.64. The zero-order chi connectivity index (χ0) is 25.8. The van der Waals surface area contributed by atoms with Gasteiger partial charge in [-0.15, -0.1) is 0 Å².